The number of aromatic nitrogens is 2. The fraction of sp³-hybridized carbons (Fsp3) is 0.0833. The van der Waals surface area contributed by atoms with E-state index in [2.05, 4.69) is 5.10 Å². The number of rotatable bonds is 2. The molecule has 0 unspecified atom stereocenters. The molecule has 0 spiro atoms. The summed E-state index contributed by atoms with van der Waals surface area (Å²) in [5.74, 6) is -0.319. The van der Waals surface area contributed by atoms with E-state index in [0.717, 1.165) is 10.7 Å². The molecule has 0 saturated heterocycles. The zero-order chi connectivity index (χ0) is 14.0. The minimum Gasteiger partial charge on any atom is -0.506 e. The molecule has 0 aliphatic heterocycles. The summed E-state index contributed by atoms with van der Waals surface area (Å²) in [5.41, 5.74) is -0.181. The highest BCUT2D eigenvalue weighted by Crippen LogP contribution is 2.27. The molecule has 2 aromatic rings. The summed E-state index contributed by atoms with van der Waals surface area (Å²) in [7, 11) is 0. The van der Waals surface area contributed by atoms with Gasteiger partial charge in [0.2, 0.25) is 0 Å². The minimum absolute atomic E-state index is 0.0955. The largest absolute Gasteiger partial charge is 0.506 e. The zero-order valence-corrected chi connectivity index (χ0v) is 11.0. The molecule has 1 aromatic heterocycles. The summed E-state index contributed by atoms with van der Waals surface area (Å²) in [5, 5.41) is 22.5. The summed E-state index contributed by atoms with van der Waals surface area (Å²) in [6.07, 6.45) is -0.121. The van der Waals surface area contributed by atoms with E-state index in [0.29, 0.717) is 5.69 Å². The Morgan fingerprint density at radius 1 is 1.42 bits per heavy atom. The smallest absolute Gasteiger partial charge is 0.275 e. The van der Waals surface area contributed by atoms with Crippen LogP contribution in [0.15, 0.2) is 29.1 Å². The molecule has 0 aliphatic rings. The number of halogens is 2. The van der Waals surface area contributed by atoms with Gasteiger partial charge in [-0.15, -0.1) is 0 Å². The first-order chi connectivity index (χ1) is 9.04. The molecule has 0 amide bonds. The second-order valence-electron chi connectivity index (χ2n) is 3.63. The third-order valence-corrected chi connectivity index (χ3v) is 3.20. The van der Waals surface area contributed by atoms with E-state index >= 15 is 0 Å². The molecule has 2 rings (SSSR count). The van der Waals surface area contributed by atoms with Crippen molar-refractivity contribution in [3.05, 3.63) is 50.4 Å². The maximum Gasteiger partial charge on any atom is 0.275 e. The van der Waals surface area contributed by atoms with E-state index in [1.54, 1.807) is 18.2 Å². The van der Waals surface area contributed by atoms with Crippen molar-refractivity contribution in [3.8, 4) is 17.5 Å². The number of hydrogen-bond acceptors (Lipinski definition) is 4. The van der Waals surface area contributed by atoms with Gasteiger partial charge in [0, 0.05) is 6.07 Å². The highest BCUT2D eigenvalue weighted by molar-refractivity contribution is 6.43. The fourth-order valence-electron chi connectivity index (χ4n) is 1.51. The van der Waals surface area contributed by atoms with Gasteiger partial charge in [-0.3, -0.25) is 4.79 Å². The first-order valence-corrected chi connectivity index (χ1v) is 5.93. The normalized spacial score (nSPS) is 10.2. The van der Waals surface area contributed by atoms with Crippen LogP contribution in [0.1, 0.15) is 5.69 Å². The number of hydrogen-bond donors (Lipinski definition) is 1. The van der Waals surface area contributed by atoms with E-state index in [-0.39, 0.29) is 27.9 Å². The molecule has 0 saturated carbocycles. The average molecular weight is 296 g/mol. The zero-order valence-electron chi connectivity index (χ0n) is 9.47. The van der Waals surface area contributed by atoms with Gasteiger partial charge < -0.3 is 5.11 Å². The highest BCUT2D eigenvalue weighted by Gasteiger charge is 2.12. The quantitative estimate of drug-likeness (QED) is 0.922. The first-order valence-electron chi connectivity index (χ1n) is 5.18. The Balaban J connectivity index is 2.69. The molecule has 1 aromatic carbocycles. The van der Waals surface area contributed by atoms with Crippen molar-refractivity contribution in [2.75, 3.05) is 0 Å². The van der Waals surface area contributed by atoms with E-state index in [1.165, 1.54) is 0 Å². The second-order valence-corrected chi connectivity index (χ2v) is 4.42. The lowest BCUT2D eigenvalue weighted by molar-refractivity contribution is 0.459. The van der Waals surface area contributed by atoms with Crippen LogP contribution in [0.2, 0.25) is 10.0 Å². The molecule has 0 radical (unpaired) electrons. The molecule has 19 heavy (non-hydrogen) atoms. The molecule has 0 atom stereocenters. The molecular weight excluding hydrogens is 289 g/mol. The van der Waals surface area contributed by atoms with Crippen molar-refractivity contribution in [2.24, 2.45) is 0 Å². The van der Waals surface area contributed by atoms with Gasteiger partial charge in [0.05, 0.1) is 28.2 Å². The van der Waals surface area contributed by atoms with E-state index in [9.17, 15) is 9.90 Å². The third-order valence-electron chi connectivity index (χ3n) is 2.39. The predicted molar refractivity (Wildman–Crippen MR) is 70.8 cm³/mol. The standard InChI is InChI=1S/C12H7Cl2N3O2/c13-7-2-1-3-9(12(7)14)17-11(19)6-10(18)8(16-17)4-5-15/h1-3,6,18H,4H2. The number of nitriles is 1. The Morgan fingerprint density at radius 2 is 2.16 bits per heavy atom. The molecule has 1 heterocycles. The Morgan fingerprint density at radius 3 is 2.84 bits per heavy atom. The van der Waals surface area contributed by atoms with E-state index in [4.69, 9.17) is 28.5 Å². The van der Waals surface area contributed by atoms with Crippen LogP contribution in [0.4, 0.5) is 0 Å². The van der Waals surface area contributed by atoms with Crippen LogP contribution in [-0.4, -0.2) is 14.9 Å². The Labute approximate surface area is 118 Å². The van der Waals surface area contributed by atoms with Crippen LogP contribution in [0.5, 0.6) is 5.75 Å². The van der Waals surface area contributed by atoms with E-state index < -0.39 is 5.56 Å². The number of aromatic hydroxyl groups is 1. The Kier molecular flexibility index (Phi) is 3.74. The van der Waals surface area contributed by atoms with Gasteiger partial charge >= 0.3 is 0 Å². The van der Waals surface area contributed by atoms with Crippen molar-refractivity contribution in [2.45, 2.75) is 6.42 Å². The Bertz CT molecular complexity index is 735. The first kappa shape index (κ1) is 13.4. The second kappa shape index (κ2) is 5.31. The van der Waals surface area contributed by atoms with Crippen molar-refractivity contribution < 1.29 is 5.11 Å². The van der Waals surface area contributed by atoms with Gasteiger partial charge in [0.1, 0.15) is 11.4 Å². The minimum atomic E-state index is -0.566. The molecular formula is C12H7Cl2N3O2. The molecule has 0 fully saturated rings. The van der Waals surface area contributed by atoms with Crippen LogP contribution in [0.25, 0.3) is 5.69 Å². The maximum absolute atomic E-state index is 11.8. The molecule has 96 valence electrons. The third kappa shape index (κ3) is 2.55. The monoisotopic (exact) mass is 295 g/mol. The number of benzene rings is 1. The lowest BCUT2D eigenvalue weighted by Gasteiger charge is -2.09. The summed E-state index contributed by atoms with van der Waals surface area (Å²) in [6, 6.07) is 7.60. The molecule has 0 bridgehead atoms. The van der Waals surface area contributed by atoms with Gasteiger partial charge in [-0.2, -0.15) is 15.0 Å². The lowest BCUT2D eigenvalue weighted by Crippen LogP contribution is -2.21. The van der Waals surface area contributed by atoms with Crippen molar-refractivity contribution in [1.82, 2.24) is 9.78 Å². The molecule has 1 N–H and O–H groups in total. The average Bonchev–Trinajstić information content (AvgIpc) is 2.37. The van der Waals surface area contributed by atoms with Crippen LogP contribution in [0.3, 0.4) is 0 Å². The maximum atomic E-state index is 11.8. The molecule has 0 aliphatic carbocycles. The van der Waals surface area contributed by atoms with Crippen LogP contribution >= 0.6 is 23.2 Å². The Hall–Kier alpha value is -2.03. The summed E-state index contributed by atoms with van der Waals surface area (Å²) >= 11 is 11.9. The number of nitrogens with zero attached hydrogens (tertiary/aromatic N) is 3. The van der Waals surface area contributed by atoms with E-state index in [1.807, 2.05) is 6.07 Å². The van der Waals surface area contributed by atoms with Crippen molar-refractivity contribution >= 4 is 23.2 Å². The topological polar surface area (TPSA) is 78.9 Å². The fourth-order valence-corrected chi connectivity index (χ4v) is 1.89. The summed E-state index contributed by atoms with van der Waals surface area (Å²) in [4.78, 5) is 11.8. The van der Waals surface area contributed by atoms with Crippen molar-refractivity contribution in [1.29, 1.82) is 5.26 Å². The molecule has 5 nitrogen and oxygen atoms in total. The summed E-state index contributed by atoms with van der Waals surface area (Å²) in [6.45, 7) is 0. The van der Waals surface area contributed by atoms with Gasteiger partial charge in [0.25, 0.3) is 5.56 Å². The molecule has 7 heteroatoms. The van der Waals surface area contributed by atoms with Gasteiger partial charge in [0.15, 0.2) is 0 Å². The van der Waals surface area contributed by atoms with Gasteiger partial charge in [-0.25, -0.2) is 0 Å². The van der Waals surface area contributed by atoms with Crippen LogP contribution in [0, 0.1) is 11.3 Å². The highest BCUT2D eigenvalue weighted by atomic mass is 35.5. The van der Waals surface area contributed by atoms with Crippen molar-refractivity contribution in [3.63, 3.8) is 0 Å². The lowest BCUT2D eigenvalue weighted by atomic mass is 10.3. The van der Waals surface area contributed by atoms with Crippen LogP contribution < -0.4 is 5.56 Å². The predicted octanol–water partition coefficient (Wildman–Crippen LogP) is 2.31. The van der Waals surface area contributed by atoms with Gasteiger partial charge in [-0.1, -0.05) is 29.3 Å². The SMILES string of the molecule is N#CCc1nn(-c2cccc(Cl)c2Cl)c(=O)cc1O. The van der Waals surface area contributed by atoms with Gasteiger partial charge in [-0.05, 0) is 12.1 Å². The summed E-state index contributed by atoms with van der Waals surface area (Å²) < 4.78 is 1.00. The van der Waals surface area contributed by atoms with Crippen LogP contribution in [-0.2, 0) is 6.42 Å².